The highest BCUT2D eigenvalue weighted by Gasteiger charge is 2.28. The lowest BCUT2D eigenvalue weighted by Crippen LogP contribution is -2.27. The van der Waals surface area contributed by atoms with E-state index in [1.54, 1.807) is 0 Å². The van der Waals surface area contributed by atoms with E-state index in [2.05, 4.69) is 0 Å². The highest BCUT2D eigenvalue weighted by atomic mass is 32.2. The number of nitrogens with zero attached hydrogens (tertiary/aromatic N) is 1. The Hall–Kier alpha value is 0.0700. The molecule has 0 amide bonds. The van der Waals surface area contributed by atoms with Crippen molar-refractivity contribution in [2.24, 2.45) is 0 Å². The first-order valence-corrected chi connectivity index (χ1v) is 4.15. The molecule has 0 spiro atoms. The molecule has 0 aromatic heterocycles. The van der Waals surface area contributed by atoms with Crippen molar-refractivity contribution in [1.82, 2.24) is 4.31 Å². The maximum absolute atomic E-state index is 10.3. The Morgan fingerprint density at radius 3 is 2.44 bits per heavy atom. The van der Waals surface area contributed by atoms with Gasteiger partial charge >= 0.3 is 0 Å². The SMILES string of the molecule is CCN(C1CC1)S(=O)[O-]. The molecule has 4 heteroatoms. The van der Waals surface area contributed by atoms with Gasteiger partial charge in [-0.25, -0.2) is 4.31 Å². The lowest BCUT2D eigenvalue weighted by molar-refractivity contribution is 0.394. The van der Waals surface area contributed by atoms with E-state index < -0.39 is 11.3 Å². The molecule has 1 fully saturated rings. The van der Waals surface area contributed by atoms with E-state index in [-0.39, 0.29) is 0 Å². The van der Waals surface area contributed by atoms with Gasteiger partial charge in [0.05, 0.1) is 0 Å². The maximum Gasteiger partial charge on any atom is 0.0216 e. The van der Waals surface area contributed by atoms with Gasteiger partial charge in [-0.15, -0.1) is 0 Å². The van der Waals surface area contributed by atoms with Gasteiger partial charge in [-0.1, -0.05) is 6.92 Å². The van der Waals surface area contributed by atoms with E-state index in [0.717, 1.165) is 12.8 Å². The van der Waals surface area contributed by atoms with Gasteiger partial charge < -0.3 is 4.55 Å². The summed E-state index contributed by atoms with van der Waals surface area (Å²) in [5.41, 5.74) is 0. The van der Waals surface area contributed by atoms with Crippen molar-refractivity contribution >= 4 is 11.3 Å². The Kier molecular flexibility index (Phi) is 2.21. The topological polar surface area (TPSA) is 43.4 Å². The fraction of sp³-hybridized carbons (Fsp3) is 1.00. The van der Waals surface area contributed by atoms with Crippen LogP contribution in [0.2, 0.25) is 0 Å². The predicted octanol–water partition coefficient (Wildman–Crippen LogP) is 0.265. The lowest BCUT2D eigenvalue weighted by atomic mass is 10.6. The minimum Gasteiger partial charge on any atom is -0.760 e. The molecule has 1 aliphatic rings. The molecule has 9 heavy (non-hydrogen) atoms. The van der Waals surface area contributed by atoms with E-state index in [9.17, 15) is 8.76 Å². The smallest absolute Gasteiger partial charge is 0.0216 e. The third-order valence-corrected chi connectivity index (χ3v) is 2.40. The Bertz CT molecular complexity index is 124. The highest BCUT2D eigenvalue weighted by Crippen LogP contribution is 2.26. The normalized spacial score (nSPS) is 22.6. The molecule has 0 aliphatic heterocycles. The summed E-state index contributed by atoms with van der Waals surface area (Å²) in [5, 5.41) is 0. The van der Waals surface area contributed by atoms with Gasteiger partial charge in [-0.05, 0) is 12.8 Å². The van der Waals surface area contributed by atoms with Crippen LogP contribution in [0, 0.1) is 0 Å². The Morgan fingerprint density at radius 1 is 1.78 bits per heavy atom. The second-order valence-electron chi connectivity index (χ2n) is 2.18. The molecule has 1 rings (SSSR count). The summed E-state index contributed by atoms with van der Waals surface area (Å²) in [4.78, 5) is 0. The average Bonchev–Trinajstić information content (AvgIpc) is 2.50. The van der Waals surface area contributed by atoms with E-state index in [4.69, 9.17) is 0 Å². The molecule has 0 aromatic rings. The summed E-state index contributed by atoms with van der Waals surface area (Å²) in [6, 6.07) is 0.327. The van der Waals surface area contributed by atoms with Gasteiger partial charge in [-0.3, -0.25) is 4.21 Å². The van der Waals surface area contributed by atoms with Crippen molar-refractivity contribution in [3.8, 4) is 0 Å². The van der Waals surface area contributed by atoms with Crippen LogP contribution in [0.4, 0.5) is 0 Å². The zero-order valence-electron chi connectivity index (χ0n) is 5.37. The second kappa shape index (κ2) is 2.77. The summed E-state index contributed by atoms with van der Waals surface area (Å²) in [6.45, 7) is 2.47. The van der Waals surface area contributed by atoms with Crippen LogP contribution < -0.4 is 0 Å². The first-order valence-electron chi connectivity index (χ1n) is 3.11. The molecule has 1 atom stereocenters. The minimum atomic E-state index is -1.99. The predicted molar refractivity (Wildman–Crippen MR) is 34.3 cm³/mol. The Balaban J connectivity index is 2.37. The molecule has 0 saturated heterocycles. The van der Waals surface area contributed by atoms with Crippen molar-refractivity contribution in [3.05, 3.63) is 0 Å². The van der Waals surface area contributed by atoms with Crippen molar-refractivity contribution in [3.63, 3.8) is 0 Å². The third-order valence-electron chi connectivity index (χ3n) is 1.46. The number of hydrogen-bond acceptors (Lipinski definition) is 2. The molecule has 0 N–H and O–H groups in total. The maximum atomic E-state index is 10.3. The highest BCUT2D eigenvalue weighted by molar-refractivity contribution is 7.76. The summed E-state index contributed by atoms with van der Waals surface area (Å²) < 4.78 is 22.2. The van der Waals surface area contributed by atoms with E-state index in [0.29, 0.717) is 12.6 Å². The molecule has 0 radical (unpaired) electrons. The molecule has 1 saturated carbocycles. The monoisotopic (exact) mass is 148 g/mol. The van der Waals surface area contributed by atoms with Crippen LogP contribution in [-0.2, 0) is 11.3 Å². The molecular formula is C5H10NO2S-. The van der Waals surface area contributed by atoms with Gasteiger partial charge in [0.15, 0.2) is 0 Å². The molecule has 1 unspecified atom stereocenters. The van der Waals surface area contributed by atoms with Crippen molar-refractivity contribution in [2.45, 2.75) is 25.8 Å². The number of hydrogen-bond donors (Lipinski definition) is 0. The summed E-state index contributed by atoms with van der Waals surface area (Å²) in [5.74, 6) is 0. The summed E-state index contributed by atoms with van der Waals surface area (Å²) >= 11 is -1.99. The van der Waals surface area contributed by atoms with Crippen molar-refractivity contribution in [2.75, 3.05) is 6.54 Å². The summed E-state index contributed by atoms with van der Waals surface area (Å²) in [6.07, 6.45) is 2.09. The average molecular weight is 148 g/mol. The lowest BCUT2D eigenvalue weighted by Gasteiger charge is -2.21. The number of rotatable bonds is 3. The molecule has 0 heterocycles. The van der Waals surface area contributed by atoms with Crippen molar-refractivity contribution < 1.29 is 8.76 Å². The second-order valence-corrected chi connectivity index (χ2v) is 3.08. The zero-order chi connectivity index (χ0) is 6.85. The van der Waals surface area contributed by atoms with Gasteiger partial charge in [0, 0.05) is 23.9 Å². The summed E-state index contributed by atoms with van der Waals surface area (Å²) in [7, 11) is 0. The van der Waals surface area contributed by atoms with Gasteiger partial charge in [-0.2, -0.15) is 0 Å². The first kappa shape index (κ1) is 7.18. The van der Waals surface area contributed by atoms with Crippen LogP contribution in [0.25, 0.3) is 0 Å². The molecule has 0 aromatic carbocycles. The minimum absolute atomic E-state index is 0.327. The van der Waals surface area contributed by atoms with Gasteiger partial charge in [0.1, 0.15) is 0 Å². The zero-order valence-corrected chi connectivity index (χ0v) is 6.19. The van der Waals surface area contributed by atoms with E-state index in [1.807, 2.05) is 6.92 Å². The third kappa shape index (κ3) is 1.74. The fourth-order valence-corrected chi connectivity index (χ4v) is 1.51. The molecular weight excluding hydrogens is 138 g/mol. The molecule has 1 aliphatic carbocycles. The van der Waals surface area contributed by atoms with Crippen LogP contribution in [-0.4, -0.2) is 25.7 Å². The van der Waals surface area contributed by atoms with Gasteiger partial charge in [0.25, 0.3) is 0 Å². The van der Waals surface area contributed by atoms with Crippen LogP contribution in [0.15, 0.2) is 0 Å². The van der Waals surface area contributed by atoms with Crippen LogP contribution in [0.3, 0.4) is 0 Å². The van der Waals surface area contributed by atoms with E-state index in [1.165, 1.54) is 4.31 Å². The largest absolute Gasteiger partial charge is 0.760 e. The van der Waals surface area contributed by atoms with Crippen LogP contribution >= 0.6 is 0 Å². The Labute approximate surface area is 57.5 Å². The fourth-order valence-electron chi connectivity index (χ4n) is 0.848. The standard InChI is InChI=1S/C5H11NO2S/c1-2-6(9(7)8)5-3-4-5/h5H,2-4H2,1H3,(H,7,8)/p-1. The molecule has 3 nitrogen and oxygen atoms in total. The Morgan fingerprint density at radius 2 is 2.33 bits per heavy atom. The first-order chi connectivity index (χ1) is 4.25. The van der Waals surface area contributed by atoms with Crippen LogP contribution in [0.5, 0.6) is 0 Å². The van der Waals surface area contributed by atoms with Gasteiger partial charge in [0.2, 0.25) is 0 Å². The molecule has 0 bridgehead atoms. The van der Waals surface area contributed by atoms with Crippen molar-refractivity contribution in [1.29, 1.82) is 0 Å². The van der Waals surface area contributed by atoms with Crippen LogP contribution in [0.1, 0.15) is 19.8 Å². The molecule has 54 valence electrons. The quantitative estimate of drug-likeness (QED) is 0.539. The van der Waals surface area contributed by atoms with E-state index >= 15 is 0 Å².